The first-order chi connectivity index (χ1) is 7.33. The van der Waals surface area contributed by atoms with Crippen molar-refractivity contribution in [2.75, 3.05) is 13.2 Å². The summed E-state index contributed by atoms with van der Waals surface area (Å²) in [6.07, 6.45) is 9.31. The molecule has 0 bridgehead atoms. The lowest BCUT2D eigenvalue weighted by atomic mass is 9.97. The third-order valence-corrected chi connectivity index (χ3v) is 2.72. The summed E-state index contributed by atoms with van der Waals surface area (Å²) in [4.78, 5) is 11.2. The Morgan fingerprint density at radius 1 is 1.47 bits per heavy atom. The van der Waals surface area contributed by atoms with Crippen LogP contribution >= 0.6 is 0 Å². The van der Waals surface area contributed by atoms with Crippen molar-refractivity contribution < 1.29 is 9.90 Å². The van der Waals surface area contributed by atoms with Crippen molar-refractivity contribution >= 4 is 5.91 Å². The number of carbonyl (C=O) groups is 1. The normalized spacial score (nSPS) is 15.9. The molecule has 0 saturated carbocycles. The van der Waals surface area contributed by atoms with E-state index in [4.69, 9.17) is 5.11 Å². The van der Waals surface area contributed by atoms with Crippen LogP contribution in [0.15, 0.2) is 11.6 Å². The van der Waals surface area contributed by atoms with E-state index in [-0.39, 0.29) is 12.5 Å². The molecule has 15 heavy (non-hydrogen) atoms. The molecular weight excluding hydrogens is 190 g/mol. The minimum absolute atomic E-state index is 0.0560. The van der Waals surface area contributed by atoms with Crippen molar-refractivity contribution in [1.82, 2.24) is 5.32 Å². The van der Waals surface area contributed by atoms with E-state index in [0.29, 0.717) is 12.8 Å². The van der Waals surface area contributed by atoms with Gasteiger partial charge in [0.1, 0.15) is 0 Å². The second kappa shape index (κ2) is 7.46. The summed E-state index contributed by atoms with van der Waals surface area (Å²) in [5.74, 6) is 0.0560. The Kier molecular flexibility index (Phi) is 6.09. The zero-order valence-electron chi connectivity index (χ0n) is 9.30. The first kappa shape index (κ1) is 12.2. The number of allylic oxidation sites excluding steroid dienone is 1. The van der Waals surface area contributed by atoms with Crippen LogP contribution in [0, 0.1) is 0 Å². The summed E-state index contributed by atoms with van der Waals surface area (Å²) in [6.45, 7) is 0.842. The molecule has 0 radical (unpaired) electrons. The molecule has 0 aromatic rings. The largest absolute Gasteiger partial charge is 0.396 e. The fourth-order valence-corrected chi connectivity index (χ4v) is 1.82. The predicted octanol–water partition coefficient (Wildman–Crippen LogP) is 1.77. The molecule has 0 aromatic heterocycles. The lowest BCUT2D eigenvalue weighted by molar-refractivity contribution is -0.121. The summed E-state index contributed by atoms with van der Waals surface area (Å²) in [5.41, 5.74) is 1.49. The minimum atomic E-state index is 0.0560. The van der Waals surface area contributed by atoms with Gasteiger partial charge in [-0.25, -0.2) is 0 Å². The van der Waals surface area contributed by atoms with E-state index in [1.807, 2.05) is 0 Å². The van der Waals surface area contributed by atoms with Gasteiger partial charge in [-0.15, -0.1) is 0 Å². The highest BCUT2D eigenvalue weighted by molar-refractivity contribution is 5.75. The Bertz CT molecular complexity index is 224. The van der Waals surface area contributed by atoms with Crippen molar-refractivity contribution in [3.8, 4) is 0 Å². The zero-order valence-corrected chi connectivity index (χ0v) is 9.30. The van der Waals surface area contributed by atoms with E-state index in [2.05, 4.69) is 11.4 Å². The molecule has 2 N–H and O–H groups in total. The molecule has 0 unspecified atom stereocenters. The number of nitrogens with one attached hydrogen (secondary N) is 1. The highest BCUT2D eigenvalue weighted by Crippen LogP contribution is 2.19. The molecule has 0 aromatic carbocycles. The van der Waals surface area contributed by atoms with Crippen LogP contribution in [0.1, 0.15) is 44.9 Å². The van der Waals surface area contributed by atoms with Crippen molar-refractivity contribution in [2.45, 2.75) is 44.9 Å². The molecule has 0 atom stereocenters. The van der Waals surface area contributed by atoms with Crippen LogP contribution in [0.2, 0.25) is 0 Å². The molecule has 86 valence electrons. The van der Waals surface area contributed by atoms with Gasteiger partial charge in [-0.05, 0) is 38.5 Å². The maximum Gasteiger partial charge on any atom is 0.220 e. The molecule has 1 aliphatic carbocycles. The van der Waals surface area contributed by atoms with Crippen LogP contribution in [-0.2, 0) is 4.79 Å². The lowest BCUT2D eigenvalue weighted by Crippen LogP contribution is -2.24. The maximum atomic E-state index is 11.2. The average molecular weight is 211 g/mol. The Labute approximate surface area is 91.6 Å². The van der Waals surface area contributed by atoms with Gasteiger partial charge < -0.3 is 10.4 Å². The quantitative estimate of drug-likeness (QED) is 0.658. The standard InChI is InChI=1S/C12H21NO2/c14-10-4-7-12(15)13-9-8-11-5-2-1-3-6-11/h5,14H,1-4,6-10H2,(H,13,15). The summed E-state index contributed by atoms with van der Waals surface area (Å²) in [7, 11) is 0. The van der Waals surface area contributed by atoms with Crippen LogP contribution in [0.25, 0.3) is 0 Å². The first-order valence-corrected chi connectivity index (χ1v) is 5.88. The maximum absolute atomic E-state index is 11.2. The molecule has 0 spiro atoms. The zero-order chi connectivity index (χ0) is 10.9. The van der Waals surface area contributed by atoms with Crippen LogP contribution in [0.4, 0.5) is 0 Å². The average Bonchev–Trinajstić information content (AvgIpc) is 2.28. The van der Waals surface area contributed by atoms with Crippen LogP contribution in [0.3, 0.4) is 0 Å². The van der Waals surface area contributed by atoms with E-state index in [1.165, 1.54) is 31.3 Å². The Hall–Kier alpha value is -0.830. The molecule has 1 rings (SSSR count). The monoisotopic (exact) mass is 211 g/mol. The van der Waals surface area contributed by atoms with E-state index in [1.54, 1.807) is 0 Å². The van der Waals surface area contributed by atoms with Crippen molar-refractivity contribution in [2.24, 2.45) is 0 Å². The number of amides is 1. The third-order valence-electron chi connectivity index (χ3n) is 2.72. The minimum Gasteiger partial charge on any atom is -0.396 e. The van der Waals surface area contributed by atoms with Gasteiger partial charge in [-0.1, -0.05) is 11.6 Å². The van der Waals surface area contributed by atoms with Gasteiger partial charge in [0.25, 0.3) is 0 Å². The summed E-state index contributed by atoms with van der Waals surface area (Å²) in [5, 5.41) is 11.4. The molecule has 0 heterocycles. The van der Waals surface area contributed by atoms with Gasteiger partial charge >= 0.3 is 0 Å². The molecule has 0 aliphatic heterocycles. The highest BCUT2D eigenvalue weighted by Gasteiger charge is 2.04. The Morgan fingerprint density at radius 3 is 3.00 bits per heavy atom. The summed E-state index contributed by atoms with van der Waals surface area (Å²) in [6, 6.07) is 0. The first-order valence-electron chi connectivity index (χ1n) is 5.88. The predicted molar refractivity (Wildman–Crippen MR) is 60.5 cm³/mol. The van der Waals surface area contributed by atoms with Gasteiger partial charge in [0, 0.05) is 19.6 Å². The summed E-state index contributed by atoms with van der Waals surface area (Å²) >= 11 is 0. The SMILES string of the molecule is O=C(CCCO)NCCC1=CCCCC1. The Morgan fingerprint density at radius 2 is 2.33 bits per heavy atom. The van der Waals surface area contributed by atoms with E-state index in [0.717, 1.165) is 13.0 Å². The van der Waals surface area contributed by atoms with Gasteiger partial charge in [0.05, 0.1) is 0 Å². The number of aliphatic hydroxyl groups excluding tert-OH is 1. The molecule has 3 heteroatoms. The molecule has 0 saturated heterocycles. The fourth-order valence-electron chi connectivity index (χ4n) is 1.82. The van der Waals surface area contributed by atoms with Crippen LogP contribution < -0.4 is 5.32 Å². The van der Waals surface area contributed by atoms with E-state index < -0.39 is 0 Å². The van der Waals surface area contributed by atoms with Crippen molar-refractivity contribution in [3.05, 3.63) is 11.6 Å². The number of aliphatic hydroxyl groups is 1. The van der Waals surface area contributed by atoms with Gasteiger partial charge in [0.2, 0.25) is 5.91 Å². The van der Waals surface area contributed by atoms with E-state index >= 15 is 0 Å². The number of rotatable bonds is 6. The van der Waals surface area contributed by atoms with Crippen molar-refractivity contribution in [3.63, 3.8) is 0 Å². The second-order valence-electron chi connectivity index (χ2n) is 4.04. The second-order valence-corrected chi connectivity index (χ2v) is 4.04. The third kappa shape index (κ3) is 5.57. The van der Waals surface area contributed by atoms with Gasteiger partial charge in [-0.2, -0.15) is 0 Å². The number of hydrogen-bond acceptors (Lipinski definition) is 2. The molecular formula is C12H21NO2. The topological polar surface area (TPSA) is 49.3 Å². The molecule has 0 fully saturated rings. The van der Waals surface area contributed by atoms with E-state index in [9.17, 15) is 4.79 Å². The molecule has 1 aliphatic rings. The fraction of sp³-hybridized carbons (Fsp3) is 0.750. The Balaban J connectivity index is 2.04. The van der Waals surface area contributed by atoms with Crippen molar-refractivity contribution in [1.29, 1.82) is 0 Å². The van der Waals surface area contributed by atoms with Crippen LogP contribution in [0.5, 0.6) is 0 Å². The molecule has 1 amide bonds. The van der Waals surface area contributed by atoms with Crippen LogP contribution in [-0.4, -0.2) is 24.2 Å². The number of hydrogen-bond donors (Lipinski definition) is 2. The van der Waals surface area contributed by atoms with Gasteiger partial charge in [-0.3, -0.25) is 4.79 Å². The highest BCUT2D eigenvalue weighted by atomic mass is 16.3. The smallest absolute Gasteiger partial charge is 0.220 e. The summed E-state index contributed by atoms with van der Waals surface area (Å²) < 4.78 is 0. The van der Waals surface area contributed by atoms with Gasteiger partial charge in [0.15, 0.2) is 0 Å². The lowest BCUT2D eigenvalue weighted by Gasteiger charge is -2.12. The number of carbonyl (C=O) groups excluding carboxylic acids is 1. The molecule has 3 nitrogen and oxygen atoms in total.